The van der Waals surface area contributed by atoms with Gasteiger partial charge in [-0.3, -0.25) is 4.90 Å². The Labute approximate surface area is 126 Å². The lowest BCUT2D eigenvalue weighted by Crippen LogP contribution is -2.54. The fourth-order valence-electron chi connectivity index (χ4n) is 2.70. The maximum atomic E-state index is 12.8. The molecule has 0 amide bonds. The van der Waals surface area contributed by atoms with E-state index in [0.29, 0.717) is 5.02 Å². The van der Waals surface area contributed by atoms with E-state index in [1.54, 1.807) is 18.2 Å². The lowest BCUT2D eigenvalue weighted by Gasteiger charge is -2.42. The van der Waals surface area contributed by atoms with Crippen molar-refractivity contribution in [3.05, 3.63) is 34.9 Å². The van der Waals surface area contributed by atoms with Gasteiger partial charge in [-0.1, -0.05) is 23.7 Å². The highest BCUT2D eigenvalue weighted by atomic mass is 35.5. The van der Waals surface area contributed by atoms with Gasteiger partial charge < -0.3 is 10.8 Å². The highest BCUT2D eigenvalue weighted by Crippen LogP contribution is 2.40. The van der Waals surface area contributed by atoms with Crippen LogP contribution in [0, 0.1) is 0 Å². The van der Waals surface area contributed by atoms with E-state index in [1.807, 2.05) is 11.0 Å². The maximum absolute atomic E-state index is 12.8. The van der Waals surface area contributed by atoms with E-state index in [1.165, 1.54) is 0 Å². The molecule has 3 nitrogen and oxygen atoms in total. The molecule has 0 bridgehead atoms. The van der Waals surface area contributed by atoms with Crippen molar-refractivity contribution in [2.75, 3.05) is 19.6 Å². The van der Waals surface area contributed by atoms with Crippen LogP contribution in [0.1, 0.15) is 24.4 Å². The molecule has 1 saturated heterocycles. The summed E-state index contributed by atoms with van der Waals surface area (Å²) < 4.78 is 38.4. The van der Waals surface area contributed by atoms with Gasteiger partial charge in [0, 0.05) is 30.7 Å². The SMILES string of the molecule is NCC(c1cccc(Cl)c1)N1CCC(O)(C(F)(F)F)CC1. The molecule has 3 N–H and O–H groups in total. The molecule has 118 valence electrons. The number of hydrogen-bond donors (Lipinski definition) is 2. The number of alkyl halides is 3. The van der Waals surface area contributed by atoms with Gasteiger partial charge >= 0.3 is 6.18 Å². The number of piperidine rings is 1. The molecule has 7 heteroatoms. The van der Waals surface area contributed by atoms with E-state index >= 15 is 0 Å². The quantitative estimate of drug-likeness (QED) is 0.899. The van der Waals surface area contributed by atoms with Gasteiger partial charge in [-0.25, -0.2) is 0 Å². The molecule has 0 spiro atoms. The first-order valence-electron chi connectivity index (χ1n) is 6.75. The molecule has 0 saturated carbocycles. The van der Waals surface area contributed by atoms with Gasteiger partial charge in [0.1, 0.15) is 0 Å². The predicted molar refractivity (Wildman–Crippen MR) is 75.1 cm³/mol. The number of hydrogen-bond acceptors (Lipinski definition) is 3. The minimum Gasteiger partial charge on any atom is -0.380 e. The standard InChI is InChI=1S/C14H18ClF3N2O/c15-11-3-1-2-10(8-11)12(9-19)20-6-4-13(21,5-7-20)14(16,17)18/h1-3,8,12,21H,4-7,9,19H2. The van der Waals surface area contributed by atoms with Crippen molar-refractivity contribution in [3.63, 3.8) is 0 Å². The summed E-state index contributed by atoms with van der Waals surface area (Å²) >= 11 is 5.94. The highest BCUT2D eigenvalue weighted by Gasteiger charge is 2.54. The number of aliphatic hydroxyl groups is 1. The van der Waals surface area contributed by atoms with Crippen LogP contribution in [0.15, 0.2) is 24.3 Å². The number of halogens is 4. The largest absolute Gasteiger partial charge is 0.417 e. The van der Waals surface area contributed by atoms with Crippen molar-refractivity contribution in [2.24, 2.45) is 5.73 Å². The van der Waals surface area contributed by atoms with Gasteiger partial charge in [0.25, 0.3) is 0 Å². The first-order valence-corrected chi connectivity index (χ1v) is 7.13. The number of rotatable bonds is 3. The van der Waals surface area contributed by atoms with Crippen LogP contribution in [-0.2, 0) is 0 Å². The third-order valence-corrected chi connectivity index (χ3v) is 4.29. The van der Waals surface area contributed by atoms with Gasteiger partial charge in [-0.05, 0) is 30.5 Å². The molecule has 1 atom stereocenters. The lowest BCUT2D eigenvalue weighted by molar-refractivity contribution is -0.273. The van der Waals surface area contributed by atoms with E-state index in [-0.39, 0.29) is 38.5 Å². The van der Waals surface area contributed by atoms with E-state index in [2.05, 4.69) is 0 Å². The molecule has 1 aliphatic rings. The Bertz CT molecular complexity index is 487. The van der Waals surface area contributed by atoms with Crippen LogP contribution in [0.5, 0.6) is 0 Å². The maximum Gasteiger partial charge on any atom is 0.417 e. The zero-order valence-electron chi connectivity index (χ0n) is 11.4. The van der Waals surface area contributed by atoms with Crippen molar-refractivity contribution >= 4 is 11.6 Å². The summed E-state index contributed by atoms with van der Waals surface area (Å²) in [5, 5.41) is 10.3. The van der Waals surface area contributed by atoms with Crippen LogP contribution in [-0.4, -0.2) is 41.4 Å². The Hall–Kier alpha value is -0.820. The highest BCUT2D eigenvalue weighted by molar-refractivity contribution is 6.30. The summed E-state index contributed by atoms with van der Waals surface area (Å²) in [5.74, 6) is 0. The molecule has 1 aromatic carbocycles. The molecule has 2 rings (SSSR count). The summed E-state index contributed by atoms with van der Waals surface area (Å²) in [6.07, 6.45) is -5.27. The fourth-order valence-corrected chi connectivity index (χ4v) is 2.90. The van der Waals surface area contributed by atoms with E-state index in [9.17, 15) is 18.3 Å². The molecule has 21 heavy (non-hydrogen) atoms. The zero-order chi connectivity index (χ0) is 15.7. The lowest BCUT2D eigenvalue weighted by atomic mass is 9.89. The number of nitrogens with two attached hydrogens (primary N) is 1. The van der Waals surface area contributed by atoms with Gasteiger partial charge in [-0.2, -0.15) is 13.2 Å². The summed E-state index contributed by atoms with van der Waals surface area (Å²) in [4.78, 5) is 1.87. The first-order chi connectivity index (χ1) is 9.77. The topological polar surface area (TPSA) is 49.5 Å². The van der Waals surface area contributed by atoms with Crippen molar-refractivity contribution in [2.45, 2.75) is 30.7 Å². The second-order valence-corrected chi connectivity index (χ2v) is 5.81. The van der Waals surface area contributed by atoms with Crippen molar-refractivity contribution < 1.29 is 18.3 Å². The Morgan fingerprint density at radius 3 is 2.43 bits per heavy atom. The summed E-state index contributed by atoms with van der Waals surface area (Å²) in [7, 11) is 0. The second-order valence-electron chi connectivity index (χ2n) is 5.37. The van der Waals surface area contributed by atoms with E-state index in [4.69, 9.17) is 17.3 Å². The number of nitrogens with zero attached hydrogens (tertiary/aromatic N) is 1. The van der Waals surface area contributed by atoms with E-state index < -0.39 is 11.8 Å². The normalized spacial score (nSPS) is 21.2. The summed E-state index contributed by atoms with van der Waals surface area (Å²) in [6.45, 7) is 0.569. The second kappa shape index (κ2) is 6.12. The predicted octanol–water partition coefficient (Wildman–Crippen LogP) is 2.73. The Morgan fingerprint density at radius 2 is 1.95 bits per heavy atom. The molecule has 1 fully saturated rings. The molecule has 0 aromatic heterocycles. The van der Waals surface area contributed by atoms with Crippen molar-refractivity contribution in [1.29, 1.82) is 0 Å². The number of benzene rings is 1. The molecule has 0 aliphatic carbocycles. The Kier molecular flexibility index (Phi) is 4.82. The smallest absolute Gasteiger partial charge is 0.380 e. The van der Waals surface area contributed by atoms with Gasteiger partial charge in [0.15, 0.2) is 5.60 Å². The van der Waals surface area contributed by atoms with Crippen LogP contribution < -0.4 is 5.73 Å². The fraction of sp³-hybridized carbons (Fsp3) is 0.571. The minimum absolute atomic E-state index is 0.143. The molecule has 1 aliphatic heterocycles. The van der Waals surface area contributed by atoms with Crippen LogP contribution in [0.4, 0.5) is 13.2 Å². The Morgan fingerprint density at radius 1 is 1.33 bits per heavy atom. The molecular weight excluding hydrogens is 305 g/mol. The summed E-state index contributed by atoms with van der Waals surface area (Å²) in [6, 6.07) is 6.95. The van der Waals surface area contributed by atoms with E-state index in [0.717, 1.165) is 5.56 Å². The van der Waals surface area contributed by atoms with Crippen molar-refractivity contribution in [3.8, 4) is 0 Å². The molecule has 1 heterocycles. The minimum atomic E-state index is -4.59. The monoisotopic (exact) mass is 322 g/mol. The molecule has 1 unspecified atom stereocenters. The van der Waals surface area contributed by atoms with Gasteiger partial charge in [-0.15, -0.1) is 0 Å². The third-order valence-electron chi connectivity index (χ3n) is 4.05. The molecule has 1 aromatic rings. The van der Waals surface area contributed by atoms with Gasteiger partial charge in [0.05, 0.1) is 0 Å². The van der Waals surface area contributed by atoms with Crippen molar-refractivity contribution in [1.82, 2.24) is 4.90 Å². The summed E-state index contributed by atoms with van der Waals surface area (Å²) in [5.41, 5.74) is 4.06. The van der Waals surface area contributed by atoms with Crippen LogP contribution in [0.3, 0.4) is 0 Å². The average Bonchev–Trinajstić information content (AvgIpc) is 2.41. The first kappa shape index (κ1) is 16.5. The third kappa shape index (κ3) is 3.51. The zero-order valence-corrected chi connectivity index (χ0v) is 12.2. The van der Waals surface area contributed by atoms with Crippen LogP contribution in [0.25, 0.3) is 0 Å². The van der Waals surface area contributed by atoms with Crippen LogP contribution in [0.2, 0.25) is 5.02 Å². The Balaban J connectivity index is 2.10. The van der Waals surface area contributed by atoms with Gasteiger partial charge in [0.2, 0.25) is 0 Å². The number of likely N-dealkylation sites (tertiary alicyclic amines) is 1. The molecule has 0 radical (unpaired) electrons. The molecular formula is C14H18ClF3N2O. The van der Waals surface area contributed by atoms with Crippen LogP contribution >= 0.6 is 11.6 Å². The average molecular weight is 323 g/mol.